The Balaban J connectivity index is 2.25. The van der Waals surface area contributed by atoms with Crippen molar-refractivity contribution in [2.75, 3.05) is 20.2 Å². The Morgan fingerprint density at radius 2 is 2.31 bits per heavy atom. The van der Waals surface area contributed by atoms with E-state index < -0.39 is 0 Å². The van der Waals surface area contributed by atoms with E-state index in [4.69, 9.17) is 4.74 Å². The van der Waals surface area contributed by atoms with Crippen LogP contribution in [0.25, 0.3) is 0 Å². The zero-order chi connectivity index (χ0) is 11.5. The van der Waals surface area contributed by atoms with Crippen molar-refractivity contribution in [1.82, 2.24) is 5.32 Å². The number of nitrogens with one attached hydrogen (secondary N) is 1. The molecule has 1 fully saturated rings. The Labute approximate surface area is 95.8 Å². The Bertz CT molecular complexity index is 372. The highest BCUT2D eigenvalue weighted by Crippen LogP contribution is 2.28. The van der Waals surface area contributed by atoms with Gasteiger partial charge in [0.1, 0.15) is 11.6 Å². The molecule has 1 aliphatic heterocycles. The second-order valence-corrected chi connectivity index (χ2v) is 4.44. The molecule has 0 amide bonds. The van der Waals surface area contributed by atoms with Crippen LogP contribution in [0.1, 0.15) is 17.5 Å². The molecule has 16 heavy (non-hydrogen) atoms. The smallest absolute Gasteiger partial charge is 0.133 e. The molecule has 0 spiro atoms. The summed E-state index contributed by atoms with van der Waals surface area (Å²) in [5.41, 5.74) is 1.43. The molecule has 1 unspecified atom stereocenters. The molecular weight excluding hydrogens is 205 g/mol. The van der Waals surface area contributed by atoms with Crippen molar-refractivity contribution in [2.24, 2.45) is 5.92 Å². The maximum Gasteiger partial charge on any atom is 0.133 e. The van der Waals surface area contributed by atoms with Crippen molar-refractivity contribution in [1.29, 1.82) is 0 Å². The van der Waals surface area contributed by atoms with E-state index >= 15 is 0 Å². The van der Waals surface area contributed by atoms with Gasteiger partial charge in [0.2, 0.25) is 0 Å². The normalized spacial score (nSPS) is 20.1. The van der Waals surface area contributed by atoms with Crippen LogP contribution in [0, 0.1) is 18.7 Å². The first-order valence-electron chi connectivity index (χ1n) is 5.75. The van der Waals surface area contributed by atoms with E-state index in [0.29, 0.717) is 17.2 Å². The minimum atomic E-state index is -0.105. The number of ether oxygens (including phenoxy) is 1. The van der Waals surface area contributed by atoms with Crippen LogP contribution in [-0.4, -0.2) is 20.2 Å². The number of halogens is 1. The SMILES string of the molecule is COc1ccc(C)c(F)c1CC1CCNC1. The van der Waals surface area contributed by atoms with Crippen molar-refractivity contribution < 1.29 is 9.13 Å². The Kier molecular flexibility index (Phi) is 3.44. The Morgan fingerprint density at radius 3 is 2.94 bits per heavy atom. The third kappa shape index (κ3) is 2.19. The molecular formula is C13H18FNO. The summed E-state index contributed by atoms with van der Waals surface area (Å²) in [6.45, 7) is 3.82. The summed E-state index contributed by atoms with van der Waals surface area (Å²) in [4.78, 5) is 0. The van der Waals surface area contributed by atoms with E-state index in [1.54, 1.807) is 20.1 Å². The molecule has 1 aliphatic rings. The van der Waals surface area contributed by atoms with Crippen LogP contribution in [0.3, 0.4) is 0 Å². The predicted molar refractivity (Wildman–Crippen MR) is 62.4 cm³/mol. The first kappa shape index (κ1) is 11.4. The number of aryl methyl sites for hydroxylation is 1. The molecule has 0 saturated carbocycles. The van der Waals surface area contributed by atoms with E-state index in [1.807, 2.05) is 6.07 Å². The van der Waals surface area contributed by atoms with E-state index in [1.165, 1.54) is 0 Å². The minimum absolute atomic E-state index is 0.105. The van der Waals surface area contributed by atoms with Gasteiger partial charge in [-0.05, 0) is 50.4 Å². The third-order valence-electron chi connectivity index (χ3n) is 3.27. The average molecular weight is 223 g/mol. The number of benzene rings is 1. The molecule has 0 radical (unpaired) electrons. The zero-order valence-electron chi connectivity index (χ0n) is 9.85. The highest BCUT2D eigenvalue weighted by atomic mass is 19.1. The van der Waals surface area contributed by atoms with Crippen LogP contribution < -0.4 is 10.1 Å². The summed E-state index contributed by atoms with van der Waals surface area (Å²) in [6, 6.07) is 3.63. The van der Waals surface area contributed by atoms with Crippen LogP contribution in [0.4, 0.5) is 4.39 Å². The Hall–Kier alpha value is -1.09. The maximum atomic E-state index is 14.0. The van der Waals surface area contributed by atoms with Gasteiger partial charge in [0, 0.05) is 5.56 Å². The quantitative estimate of drug-likeness (QED) is 0.849. The van der Waals surface area contributed by atoms with Gasteiger partial charge in [0.25, 0.3) is 0 Å². The van der Waals surface area contributed by atoms with Crippen molar-refractivity contribution in [3.63, 3.8) is 0 Å². The predicted octanol–water partition coefficient (Wildman–Crippen LogP) is 2.29. The molecule has 0 aromatic heterocycles. The van der Waals surface area contributed by atoms with E-state index in [-0.39, 0.29) is 5.82 Å². The lowest BCUT2D eigenvalue weighted by Gasteiger charge is -2.14. The monoisotopic (exact) mass is 223 g/mol. The molecule has 1 N–H and O–H groups in total. The number of hydrogen-bond acceptors (Lipinski definition) is 2. The van der Waals surface area contributed by atoms with E-state index in [9.17, 15) is 4.39 Å². The van der Waals surface area contributed by atoms with Crippen molar-refractivity contribution in [3.05, 3.63) is 29.1 Å². The maximum absolute atomic E-state index is 14.0. The van der Waals surface area contributed by atoms with Crippen LogP contribution in [0.15, 0.2) is 12.1 Å². The third-order valence-corrected chi connectivity index (χ3v) is 3.27. The average Bonchev–Trinajstić information content (AvgIpc) is 2.78. The Morgan fingerprint density at radius 1 is 1.50 bits per heavy atom. The summed E-state index contributed by atoms with van der Waals surface area (Å²) >= 11 is 0. The molecule has 0 bridgehead atoms. The summed E-state index contributed by atoms with van der Waals surface area (Å²) in [5.74, 6) is 1.10. The van der Waals surface area contributed by atoms with Gasteiger partial charge in [-0.25, -0.2) is 4.39 Å². The van der Waals surface area contributed by atoms with Gasteiger partial charge in [-0.3, -0.25) is 0 Å². The van der Waals surface area contributed by atoms with Crippen molar-refractivity contribution in [2.45, 2.75) is 19.8 Å². The fraction of sp³-hybridized carbons (Fsp3) is 0.538. The standard InChI is InChI=1S/C13H18FNO/c1-9-3-4-12(16-2)11(13(9)14)7-10-5-6-15-8-10/h3-4,10,15H,5-8H2,1-2H3. The molecule has 0 aliphatic carbocycles. The highest BCUT2D eigenvalue weighted by Gasteiger charge is 2.20. The van der Waals surface area contributed by atoms with Gasteiger partial charge in [0.05, 0.1) is 7.11 Å². The molecule has 1 atom stereocenters. The van der Waals surface area contributed by atoms with Gasteiger partial charge in [-0.15, -0.1) is 0 Å². The van der Waals surface area contributed by atoms with Gasteiger partial charge >= 0.3 is 0 Å². The van der Waals surface area contributed by atoms with Crippen molar-refractivity contribution in [3.8, 4) is 5.75 Å². The molecule has 1 saturated heterocycles. The van der Waals surface area contributed by atoms with E-state index in [2.05, 4.69) is 5.32 Å². The lowest BCUT2D eigenvalue weighted by atomic mass is 9.96. The largest absolute Gasteiger partial charge is 0.496 e. The summed E-state index contributed by atoms with van der Waals surface area (Å²) in [7, 11) is 1.60. The molecule has 1 heterocycles. The first-order valence-corrected chi connectivity index (χ1v) is 5.75. The zero-order valence-corrected chi connectivity index (χ0v) is 9.85. The fourth-order valence-corrected chi connectivity index (χ4v) is 2.28. The molecule has 2 nitrogen and oxygen atoms in total. The summed E-state index contributed by atoms with van der Waals surface area (Å²) in [6.07, 6.45) is 1.89. The summed E-state index contributed by atoms with van der Waals surface area (Å²) < 4.78 is 19.2. The number of methoxy groups -OCH3 is 1. The van der Waals surface area contributed by atoms with Crippen LogP contribution in [0.5, 0.6) is 5.75 Å². The first-order chi connectivity index (χ1) is 7.72. The van der Waals surface area contributed by atoms with Gasteiger partial charge in [-0.2, -0.15) is 0 Å². The van der Waals surface area contributed by atoms with E-state index in [0.717, 1.165) is 31.5 Å². The number of rotatable bonds is 3. The van der Waals surface area contributed by atoms with Crippen LogP contribution in [0.2, 0.25) is 0 Å². The topological polar surface area (TPSA) is 21.3 Å². The molecule has 1 aromatic carbocycles. The molecule has 1 aromatic rings. The van der Waals surface area contributed by atoms with Gasteiger partial charge in [-0.1, -0.05) is 6.07 Å². The minimum Gasteiger partial charge on any atom is -0.496 e. The van der Waals surface area contributed by atoms with Crippen LogP contribution in [-0.2, 0) is 6.42 Å². The fourth-order valence-electron chi connectivity index (χ4n) is 2.28. The molecule has 88 valence electrons. The van der Waals surface area contributed by atoms with Crippen molar-refractivity contribution >= 4 is 0 Å². The molecule has 3 heteroatoms. The summed E-state index contributed by atoms with van der Waals surface area (Å²) in [5, 5.41) is 3.30. The highest BCUT2D eigenvalue weighted by molar-refractivity contribution is 5.38. The lowest BCUT2D eigenvalue weighted by Crippen LogP contribution is -2.12. The van der Waals surface area contributed by atoms with Crippen LogP contribution >= 0.6 is 0 Å². The number of hydrogen-bond donors (Lipinski definition) is 1. The second kappa shape index (κ2) is 4.83. The lowest BCUT2D eigenvalue weighted by molar-refractivity contribution is 0.398. The van der Waals surface area contributed by atoms with Gasteiger partial charge in [0.15, 0.2) is 0 Å². The second-order valence-electron chi connectivity index (χ2n) is 4.44. The molecule has 2 rings (SSSR count). The van der Waals surface area contributed by atoms with Gasteiger partial charge < -0.3 is 10.1 Å².